The van der Waals surface area contributed by atoms with E-state index in [2.05, 4.69) is 10.3 Å². The second-order valence-electron chi connectivity index (χ2n) is 5.10. The van der Waals surface area contributed by atoms with Gasteiger partial charge in [0.1, 0.15) is 5.58 Å². The fourth-order valence-electron chi connectivity index (χ4n) is 2.20. The molecule has 6 heteroatoms. The number of aryl methyl sites for hydroxylation is 1. The van der Waals surface area contributed by atoms with Crippen LogP contribution in [0.3, 0.4) is 0 Å². The number of aromatic nitrogens is 1. The molecule has 0 spiro atoms. The Labute approximate surface area is 136 Å². The van der Waals surface area contributed by atoms with Crippen molar-refractivity contribution in [3.05, 3.63) is 74.9 Å². The molecule has 0 aliphatic rings. The highest BCUT2D eigenvalue weighted by molar-refractivity contribution is 6.31. The molecule has 2 aromatic heterocycles. The van der Waals surface area contributed by atoms with Gasteiger partial charge in [-0.25, -0.2) is 0 Å². The first-order valence-electron chi connectivity index (χ1n) is 6.96. The van der Waals surface area contributed by atoms with Gasteiger partial charge in [0, 0.05) is 36.1 Å². The number of carbonyl (C=O) groups is 1. The summed E-state index contributed by atoms with van der Waals surface area (Å²) in [6.07, 6.45) is 3.38. The monoisotopic (exact) mass is 328 g/mol. The first-order valence-corrected chi connectivity index (χ1v) is 7.33. The van der Waals surface area contributed by atoms with E-state index in [4.69, 9.17) is 16.0 Å². The van der Waals surface area contributed by atoms with Crippen molar-refractivity contribution in [1.82, 2.24) is 10.3 Å². The minimum Gasteiger partial charge on any atom is -0.451 e. The van der Waals surface area contributed by atoms with Crippen LogP contribution in [0.5, 0.6) is 0 Å². The van der Waals surface area contributed by atoms with Crippen molar-refractivity contribution in [2.75, 3.05) is 0 Å². The van der Waals surface area contributed by atoms with Crippen LogP contribution >= 0.6 is 11.6 Å². The van der Waals surface area contributed by atoms with E-state index in [0.29, 0.717) is 17.0 Å². The highest BCUT2D eigenvalue weighted by Gasteiger charge is 2.12. The number of nitrogens with zero attached hydrogens (tertiary/aromatic N) is 1. The van der Waals surface area contributed by atoms with Crippen LogP contribution in [-0.2, 0) is 6.54 Å². The van der Waals surface area contributed by atoms with E-state index in [1.54, 1.807) is 24.5 Å². The molecule has 23 heavy (non-hydrogen) atoms. The summed E-state index contributed by atoms with van der Waals surface area (Å²) in [5.74, 6) is -0.503. The maximum Gasteiger partial charge on any atom is 0.287 e. The summed E-state index contributed by atoms with van der Waals surface area (Å²) in [6, 6.07) is 7.71. The molecule has 3 rings (SSSR count). The van der Waals surface area contributed by atoms with Crippen LogP contribution in [0.1, 0.15) is 21.7 Å². The number of pyridine rings is 1. The molecular weight excluding hydrogens is 316 g/mol. The Morgan fingerprint density at radius 2 is 2.13 bits per heavy atom. The predicted molar refractivity (Wildman–Crippen MR) is 87.6 cm³/mol. The third kappa shape index (κ3) is 3.24. The lowest BCUT2D eigenvalue weighted by molar-refractivity contribution is 0.0923. The molecule has 1 amide bonds. The van der Waals surface area contributed by atoms with Crippen LogP contribution < -0.4 is 10.7 Å². The zero-order chi connectivity index (χ0) is 16.4. The third-order valence-corrected chi connectivity index (χ3v) is 3.73. The Morgan fingerprint density at radius 1 is 1.30 bits per heavy atom. The second-order valence-corrected chi connectivity index (χ2v) is 5.54. The molecular formula is C17H13ClN2O3. The summed E-state index contributed by atoms with van der Waals surface area (Å²) < 4.78 is 5.50. The molecule has 0 aliphatic carbocycles. The molecule has 116 valence electrons. The quantitative estimate of drug-likeness (QED) is 0.802. The molecule has 5 nitrogen and oxygen atoms in total. The minimum atomic E-state index is -0.458. The van der Waals surface area contributed by atoms with Crippen molar-refractivity contribution in [1.29, 1.82) is 0 Å². The van der Waals surface area contributed by atoms with Crippen LogP contribution in [-0.4, -0.2) is 10.9 Å². The number of nitrogens with one attached hydrogen (secondary N) is 1. The highest BCUT2D eigenvalue weighted by Crippen LogP contribution is 2.18. The van der Waals surface area contributed by atoms with E-state index in [9.17, 15) is 9.59 Å². The van der Waals surface area contributed by atoms with E-state index in [1.165, 1.54) is 12.1 Å². The highest BCUT2D eigenvalue weighted by atomic mass is 35.5. The smallest absolute Gasteiger partial charge is 0.287 e. The summed E-state index contributed by atoms with van der Waals surface area (Å²) in [6.45, 7) is 2.23. The average molecular weight is 329 g/mol. The van der Waals surface area contributed by atoms with Crippen LogP contribution in [0, 0.1) is 6.92 Å². The molecule has 1 N–H and O–H groups in total. The van der Waals surface area contributed by atoms with Gasteiger partial charge >= 0.3 is 0 Å². The molecule has 0 saturated carbocycles. The number of hydrogen-bond donors (Lipinski definition) is 1. The van der Waals surface area contributed by atoms with Gasteiger partial charge in [0.25, 0.3) is 5.91 Å². The Morgan fingerprint density at radius 3 is 2.91 bits per heavy atom. The molecule has 0 atom stereocenters. The van der Waals surface area contributed by atoms with Crippen molar-refractivity contribution < 1.29 is 9.21 Å². The van der Waals surface area contributed by atoms with E-state index in [-0.39, 0.29) is 16.8 Å². The molecule has 0 unspecified atom stereocenters. The number of hydrogen-bond acceptors (Lipinski definition) is 4. The first-order chi connectivity index (χ1) is 11.0. The van der Waals surface area contributed by atoms with Gasteiger partial charge in [-0.05, 0) is 36.2 Å². The van der Waals surface area contributed by atoms with Crippen LogP contribution in [0.2, 0.25) is 5.02 Å². The number of benzene rings is 1. The zero-order valence-corrected chi connectivity index (χ0v) is 13.1. The Balaban J connectivity index is 1.86. The molecule has 0 fully saturated rings. The molecule has 3 aromatic rings. The van der Waals surface area contributed by atoms with E-state index in [0.717, 1.165) is 11.1 Å². The Hall–Kier alpha value is -2.66. The summed E-state index contributed by atoms with van der Waals surface area (Å²) in [7, 11) is 0. The van der Waals surface area contributed by atoms with Crippen molar-refractivity contribution >= 4 is 28.5 Å². The van der Waals surface area contributed by atoms with E-state index >= 15 is 0 Å². The summed E-state index contributed by atoms with van der Waals surface area (Å²) >= 11 is 5.89. The SMILES string of the molecule is Cc1cnccc1CNC(=O)c1cc(=O)c2ccc(Cl)cc2o1. The van der Waals surface area contributed by atoms with Gasteiger partial charge in [-0.2, -0.15) is 0 Å². The van der Waals surface area contributed by atoms with Gasteiger partial charge in [-0.15, -0.1) is 0 Å². The third-order valence-electron chi connectivity index (χ3n) is 3.49. The van der Waals surface area contributed by atoms with Gasteiger partial charge in [0.2, 0.25) is 0 Å². The number of amides is 1. The normalized spacial score (nSPS) is 10.7. The van der Waals surface area contributed by atoms with Crippen LogP contribution in [0.15, 0.2) is 51.9 Å². The van der Waals surface area contributed by atoms with E-state index in [1.807, 2.05) is 13.0 Å². The summed E-state index contributed by atoms with van der Waals surface area (Å²) in [5.41, 5.74) is 1.92. The van der Waals surface area contributed by atoms with Crippen molar-refractivity contribution in [2.45, 2.75) is 13.5 Å². The number of carbonyl (C=O) groups excluding carboxylic acids is 1. The van der Waals surface area contributed by atoms with Crippen molar-refractivity contribution in [3.8, 4) is 0 Å². The number of halogens is 1. The van der Waals surface area contributed by atoms with Gasteiger partial charge in [0.05, 0.1) is 5.39 Å². The summed E-state index contributed by atoms with van der Waals surface area (Å²) in [5, 5.41) is 3.55. The van der Waals surface area contributed by atoms with Gasteiger partial charge in [0.15, 0.2) is 11.2 Å². The molecule has 0 saturated heterocycles. The fraction of sp³-hybridized carbons (Fsp3) is 0.118. The van der Waals surface area contributed by atoms with Crippen molar-refractivity contribution in [2.24, 2.45) is 0 Å². The van der Waals surface area contributed by atoms with Gasteiger partial charge in [-0.1, -0.05) is 11.6 Å². The average Bonchev–Trinajstić information content (AvgIpc) is 2.53. The van der Waals surface area contributed by atoms with E-state index < -0.39 is 5.91 Å². The second kappa shape index (κ2) is 6.22. The number of rotatable bonds is 3. The number of fused-ring (bicyclic) bond motifs is 1. The maximum absolute atomic E-state index is 12.2. The largest absolute Gasteiger partial charge is 0.451 e. The topological polar surface area (TPSA) is 72.2 Å². The predicted octanol–water partition coefficient (Wildman–Crippen LogP) is 3.08. The molecule has 0 bridgehead atoms. The first kappa shape index (κ1) is 15.2. The van der Waals surface area contributed by atoms with Crippen molar-refractivity contribution in [3.63, 3.8) is 0 Å². The Bertz CT molecular complexity index is 950. The minimum absolute atomic E-state index is 0.0449. The molecule has 1 aromatic carbocycles. The maximum atomic E-state index is 12.2. The van der Waals surface area contributed by atoms with Crippen LogP contribution in [0.4, 0.5) is 0 Å². The van der Waals surface area contributed by atoms with Crippen LogP contribution in [0.25, 0.3) is 11.0 Å². The molecule has 0 radical (unpaired) electrons. The summed E-state index contributed by atoms with van der Waals surface area (Å²) in [4.78, 5) is 28.3. The zero-order valence-electron chi connectivity index (χ0n) is 12.3. The van der Waals surface area contributed by atoms with Gasteiger partial charge in [-0.3, -0.25) is 14.6 Å². The molecule has 2 heterocycles. The molecule has 0 aliphatic heterocycles. The lowest BCUT2D eigenvalue weighted by Gasteiger charge is -2.07. The lowest BCUT2D eigenvalue weighted by atomic mass is 10.1. The van der Waals surface area contributed by atoms with Gasteiger partial charge < -0.3 is 9.73 Å². The Kier molecular flexibility index (Phi) is 4.12. The standard InChI is InChI=1S/C17H13ClN2O3/c1-10-8-19-5-4-11(10)9-20-17(22)16-7-14(21)13-3-2-12(18)6-15(13)23-16/h2-8H,9H2,1H3,(H,20,22). The fourth-order valence-corrected chi connectivity index (χ4v) is 2.37. The lowest BCUT2D eigenvalue weighted by Crippen LogP contribution is -2.24.